The maximum atomic E-state index is 11.1. The number of nitrogens with two attached hydrogens (primary N) is 1. The molecule has 0 aliphatic rings. The van der Waals surface area contributed by atoms with Crippen molar-refractivity contribution in [3.05, 3.63) is 0 Å². The molecule has 0 saturated heterocycles. The van der Waals surface area contributed by atoms with E-state index in [-0.39, 0.29) is 12.6 Å². The molecule has 1 unspecified atom stereocenters. The number of aliphatic hydroxyl groups is 1. The van der Waals surface area contributed by atoms with Gasteiger partial charge < -0.3 is 20.9 Å². The molecule has 0 spiro atoms. The van der Waals surface area contributed by atoms with Gasteiger partial charge in [0.15, 0.2) is 0 Å². The number of ether oxygens (including phenoxy) is 1. The number of aliphatic hydroxyl groups excluding tert-OH is 1. The Morgan fingerprint density at radius 1 is 1.47 bits per heavy atom. The van der Waals surface area contributed by atoms with Gasteiger partial charge in [0.05, 0.1) is 6.61 Å². The van der Waals surface area contributed by atoms with E-state index in [1.807, 2.05) is 0 Å². The molecule has 0 aromatic carbocycles. The first kappa shape index (κ1) is 14.3. The number of carbonyl (C=O) groups is 1. The fourth-order valence-corrected chi connectivity index (χ4v) is 1.13. The predicted molar refractivity (Wildman–Crippen MR) is 58.4 cm³/mol. The van der Waals surface area contributed by atoms with E-state index in [4.69, 9.17) is 15.6 Å². The summed E-state index contributed by atoms with van der Waals surface area (Å²) in [6, 6.07) is -0.581. The van der Waals surface area contributed by atoms with Gasteiger partial charge in [0.2, 0.25) is 0 Å². The number of rotatable bonds is 9. The summed E-state index contributed by atoms with van der Waals surface area (Å²) < 4.78 is 4.76. The third-order valence-electron chi connectivity index (χ3n) is 1.97. The molecular formula is C10H22N2O3. The summed E-state index contributed by atoms with van der Waals surface area (Å²) in [5, 5.41) is 11.6. The van der Waals surface area contributed by atoms with Gasteiger partial charge in [0, 0.05) is 13.2 Å². The average Bonchev–Trinajstić information content (AvgIpc) is 2.23. The lowest BCUT2D eigenvalue weighted by Gasteiger charge is -2.11. The van der Waals surface area contributed by atoms with Crippen LogP contribution in [0, 0.1) is 0 Å². The number of hydrogen-bond acceptors (Lipinski definition) is 5. The first-order valence-corrected chi connectivity index (χ1v) is 5.46. The number of esters is 1. The zero-order valence-electron chi connectivity index (χ0n) is 9.37. The van der Waals surface area contributed by atoms with Crippen molar-refractivity contribution in [1.82, 2.24) is 5.32 Å². The first-order chi connectivity index (χ1) is 7.22. The summed E-state index contributed by atoms with van der Waals surface area (Å²) in [7, 11) is 0. The molecule has 4 N–H and O–H groups in total. The van der Waals surface area contributed by atoms with Crippen molar-refractivity contribution >= 4 is 5.97 Å². The van der Waals surface area contributed by atoms with Crippen LogP contribution in [0.2, 0.25) is 0 Å². The molecule has 5 nitrogen and oxygen atoms in total. The van der Waals surface area contributed by atoms with Crippen molar-refractivity contribution < 1.29 is 14.6 Å². The standard InChI is InChI=1S/C10H22N2O3/c1-2-15-10(14)9(11)8-12-6-4-3-5-7-13/h9,12-13H,2-8,11H2,1H3. The van der Waals surface area contributed by atoms with Crippen LogP contribution in [-0.2, 0) is 9.53 Å². The normalized spacial score (nSPS) is 12.5. The molecule has 0 radical (unpaired) electrons. The van der Waals surface area contributed by atoms with Gasteiger partial charge in [-0.05, 0) is 32.7 Å². The molecule has 0 heterocycles. The molecule has 0 rings (SSSR count). The molecule has 0 saturated carbocycles. The van der Waals surface area contributed by atoms with Gasteiger partial charge in [-0.25, -0.2) is 0 Å². The van der Waals surface area contributed by atoms with Crippen molar-refractivity contribution in [2.24, 2.45) is 5.73 Å². The largest absolute Gasteiger partial charge is 0.465 e. The highest BCUT2D eigenvalue weighted by atomic mass is 16.5. The third kappa shape index (κ3) is 8.35. The molecule has 0 aliphatic carbocycles. The fourth-order valence-electron chi connectivity index (χ4n) is 1.13. The molecule has 0 amide bonds. The van der Waals surface area contributed by atoms with E-state index in [1.54, 1.807) is 6.92 Å². The summed E-state index contributed by atoms with van der Waals surface area (Å²) in [6.45, 7) is 3.61. The van der Waals surface area contributed by atoms with E-state index in [0.29, 0.717) is 13.2 Å². The molecule has 0 aromatic rings. The Balaban J connectivity index is 3.30. The quantitative estimate of drug-likeness (QED) is 0.363. The van der Waals surface area contributed by atoms with Crippen LogP contribution in [0.1, 0.15) is 26.2 Å². The highest BCUT2D eigenvalue weighted by molar-refractivity contribution is 5.75. The third-order valence-corrected chi connectivity index (χ3v) is 1.97. The molecule has 0 bridgehead atoms. The molecule has 1 atom stereocenters. The monoisotopic (exact) mass is 218 g/mol. The van der Waals surface area contributed by atoms with Crippen LogP contribution in [0.25, 0.3) is 0 Å². The SMILES string of the molecule is CCOC(=O)C(N)CNCCCCCO. The minimum atomic E-state index is -0.581. The Bertz CT molecular complexity index is 165. The topological polar surface area (TPSA) is 84.6 Å². The molecular weight excluding hydrogens is 196 g/mol. The van der Waals surface area contributed by atoms with Gasteiger partial charge in [0.1, 0.15) is 6.04 Å². The van der Waals surface area contributed by atoms with Crippen molar-refractivity contribution in [1.29, 1.82) is 0 Å². The average molecular weight is 218 g/mol. The van der Waals surface area contributed by atoms with Gasteiger partial charge in [-0.15, -0.1) is 0 Å². The summed E-state index contributed by atoms with van der Waals surface area (Å²) in [5.41, 5.74) is 5.57. The summed E-state index contributed by atoms with van der Waals surface area (Å²) in [4.78, 5) is 11.1. The van der Waals surface area contributed by atoms with Gasteiger partial charge in [-0.2, -0.15) is 0 Å². The van der Waals surface area contributed by atoms with Crippen LogP contribution in [0.4, 0.5) is 0 Å². The maximum absolute atomic E-state index is 11.1. The zero-order valence-corrected chi connectivity index (χ0v) is 9.37. The van der Waals surface area contributed by atoms with Crippen molar-refractivity contribution in [2.75, 3.05) is 26.3 Å². The lowest BCUT2D eigenvalue weighted by Crippen LogP contribution is -2.41. The second-order valence-corrected chi connectivity index (χ2v) is 3.35. The Labute approximate surface area is 91.0 Å². The van der Waals surface area contributed by atoms with Crippen molar-refractivity contribution in [3.63, 3.8) is 0 Å². The van der Waals surface area contributed by atoms with Crippen LogP contribution < -0.4 is 11.1 Å². The summed E-state index contributed by atoms with van der Waals surface area (Å²) in [6.07, 6.45) is 2.79. The number of carbonyl (C=O) groups excluding carboxylic acids is 1. The van der Waals surface area contributed by atoms with Crippen molar-refractivity contribution in [3.8, 4) is 0 Å². The van der Waals surface area contributed by atoms with E-state index in [0.717, 1.165) is 25.8 Å². The second-order valence-electron chi connectivity index (χ2n) is 3.35. The molecule has 15 heavy (non-hydrogen) atoms. The predicted octanol–water partition coefficient (Wildman–Crippen LogP) is -0.371. The minimum absolute atomic E-state index is 0.238. The van der Waals surface area contributed by atoms with Crippen LogP contribution in [0.15, 0.2) is 0 Å². The van der Waals surface area contributed by atoms with Crippen molar-refractivity contribution in [2.45, 2.75) is 32.2 Å². The van der Waals surface area contributed by atoms with E-state index in [2.05, 4.69) is 5.32 Å². The van der Waals surface area contributed by atoms with Crippen LogP contribution in [0.3, 0.4) is 0 Å². The highest BCUT2D eigenvalue weighted by Crippen LogP contribution is 1.92. The molecule has 0 aliphatic heterocycles. The Morgan fingerprint density at radius 3 is 2.80 bits per heavy atom. The Kier molecular flexibility index (Phi) is 9.46. The Morgan fingerprint density at radius 2 is 2.20 bits per heavy atom. The van der Waals surface area contributed by atoms with E-state index in [9.17, 15) is 4.79 Å². The van der Waals surface area contributed by atoms with E-state index >= 15 is 0 Å². The number of nitrogens with one attached hydrogen (secondary N) is 1. The van der Waals surface area contributed by atoms with Crippen LogP contribution >= 0.6 is 0 Å². The molecule has 5 heteroatoms. The highest BCUT2D eigenvalue weighted by Gasteiger charge is 2.12. The number of hydrogen-bond donors (Lipinski definition) is 3. The second kappa shape index (κ2) is 9.89. The summed E-state index contributed by atoms with van der Waals surface area (Å²) >= 11 is 0. The first-order valence-electron chi connectivity index (χ1n) is 5.46. The van der Waals surface area contributed by atoms with Crippen LogP contribution in [-0.4, -0.2) is 43.4 Å². The van der Waals surface area contributed by atoms with Gasteiger partial charge in [0.25, 0.3) is 0 Å². The minimum Gasteiger partial charge on any atom is -0.465 e. The fraction of sp³-hybridized carbons (Fsp3) is 0.900. The van der Waals surface area contributed by atoms with E-state index in [1.165, 1.54) is 0 Å². The van der Waals surface area contributed by atoms with Crippen LogP contribution in [0.5, 0.6) is 0 Å². The van der Waals surface area contributed by atoms with E-state index < -0.39 is 6.04 Å². The number of unbranched alkanes of at least 4 members (excludes halogenated alkanes) is 2. The van der Waals surface area contributed by atoms with Gasteiger partial charge in [-0.1, -0.05) is 0 Å². The zero-order chi connectivity index (χ0) is 11.5. The lowest BCUT2D eigenvalue weighted by atomic mass is 10.2. The molecule has 90 valence electrons. The molecule has 0 fully saturated rings. The lowest BCUT2D eigenvalue weighted by molar-refractivity contribution is -0.144. The molecule has 0 aromatic heterocycles. The van der Waals surface area contributed by atoms with Gasteiger partial charge in [-0.3, -0.25) is 4.79 Å². The Hall–Kier alpha value is -0.650. The summed E-state index contributed by atoms with van der Waals surface area (Å²) in [5.74, 6) is -0.361. The maximum Gasteiger partial charge on any atom is 0.324 e. The van der Waals surface area contributed by atoms with Gasteiger partial charge >= 0.3 is 5.97 Å². The smallest absolute Gasteiger partial charge is 0.324 e.